The molecule has 0 aromatic heterocycles. The Hall–Kier alpha value is -1.39. The highest BCUT2D eigenvalue weighted by Gasteiger charge is 2.39. The fourth-order valence-electron chi connectivity index (χ4n) is 2.21. The molecule has 0 saturated heterocycles. The molecule has 2 N–H and O–H groups in total. The minimum atomic E-state index is -1.09. The Morgan fingerprint density at radius 3 is 2.33 bits per heavy atom. The van der Waals surface area contributed by atoms with E-state index < -0.39 is 11.5 Å². The smallest absolute Gasteiger partial charge is 0.328 e. The van der Waals surface area contributed by atoms with Gasteiger partial charge in [-0.2, -0.15) is 0 Å². The lowest BCUT2D eigenvalue weighted by molar-refractivity contribution is -0.147. The molecule has 0 aliphatic heterocycles. The molecule has 4 heteroatoms. The van der Waals surface area contributed by atoms with Crippen LogP contribution < -0.4 is 5.32 Å². The summed E-state index contributed by atoms with van der Waals surface area (Å²) in [6.45, 7) is 8.97. The van der Waals surface area contributed by atoms with Crippen LogP contribution >= 0.6 is 0 Å². The van der Waals surface area contributed by atoms with Crippen molar-refractivity contribution >= 4 is 5.97 Å². The number of aliphatic carboxylic acids is 1. The molecule has 0 bridgehead atoms. The molecule has 0 heterocycles. The maximum absolute atomic E-state index is 12.0. The van der Waals surface area contributed by atoms with Crippen LogP contribution in [-0.4, -0.2) is 29.8 Å². The third-order valence-corrected chi connectivity index (χ3v) is 3.32. The zero-order chi connectivity index (χ0) is 15.9. The first-order valence-corrected chi connectivity index (χ1v) is 7.50. The van der Waals surface area contributed by atoms with E-state index in [1.54, 1.807) is 0 Å². The molecule has 0 radical (unpaired) electrons. The van der Waals surface area contributed by atoms with Gasteiger partial charge in [-0.3, -0.25) is 5.32 Å². The SMILES string of the molecule is CCCNC(CCOC(C)(C)C)(C(=O)O)c1ccccc1. The summed E-state index contributed by atoms with van der Waals surface area (Å²) in [5, 5.41) is 13.0. The second kappa shape index (κ2) is 7.57. The topological polar surface area (TPSA) is 58.6 Å². The molecule has 0 saturated carbocycles. The number of hydrogen-bond acceptors (Lipinski definition) is 3. The minimum absolute atomic E-state index is 0.272. The van der Waals surface area contributed by atoms with Crippen molar-refractivity contribution in [2.45, 2.75) is 51.7 Å². The summed E-state index contributed by atoms with van der Waals surface area (Å²) in [4.78, 5) is 12.0. The maximum atomic E-state index is 12.0. The summed E-state index contributed by atoms with van der Waals surface area (Å²) in [6.07, 6.45) is 1.27. The van der Waals surface area contributed by atoms with E-state index in [2.05, 4.69) is 5.32 Å². The summed E-state index contributed by atoms with van der Waals surface area (Å²) < 4.78 is 5.73. The van der Waals surface area contributed by atoms with E-state index in [1.807, 2.05) is 58.0 Å². The number of carboxylic acid groups (broad SMARTS) is 1. The lowest BCUT2D eigenvalue weighted by Gasteiger charge is -2.32. The van der Waals surface area contributed by atoms with Crippen LogP contribution in [-0.2, 0) is 15.1 Å². The molecule has 0 aliphatic carbocycles. The second-order valence-corrected chi connectivity index (χ2v) is 6.21. The minimum Gasteiger partial charge on any atom is -0.480 e. The van der Waals surface area contributed by atoms with E-state index in [9.17, 15) is 9.90 Å². The van der Waals surface area contributed by atoms with Crippen molar-refractivity contribution < 1.29 is 14.6 Å². The molecule has 1 unspecified atom stereocenters. The highest BCUT2D eigenvalue weighted by Crippen LogP contribution is 2.26. The van der Waals surface area contributed by atoms with Gasteiger partial charge in [0.25, 0.3) is 0 Å². The molecule has 0 aliphatic rings. The van der Waals surface area contributed by atoms with Crippen LogP contribution in [0.1, 0.15) is 46.1 Å². The van der Waals surface area contributed by atoms with Crippen LogP contribution in [0.25, 0.3) is 0 Å². The first-order valence-electron chi connectivity index (χ1n) is 7.50. The monoisotopic (exact) mass is 293 g/mol. The Bertz CT molecular complexity index is 439. The highest BCUT2D eigenvalue weighted by molar-refractivity contribution is 5.80. The molecule has 0 amide bonds. The van der Waals surface area contributed by atoms with Crippen LogP contribution in [0, 0.1) is 0 Å². The van der Waals surface area contributed by atoms with Gasteiger partial charge in [-0.15, -0.1) is 0 Å². The summed E-state index contributed by atoms with van der Waals surface area (Å²) in [6, 6.07) is 9.33. The highest BCUT2D eigenvalue weighted by atomic mass is 16.5. The summed E-state index contributed by atoms with van der Waals surface area (Å²) >= 11 is 0. The normalized spacial score (nSPS) is 14.7. The molecule has 0 spiro atoms. The quantitative estimate of drug-likeness (QED) is 0.773. The summed E-state index contributed by atoms with van der Waals surface area (Å²) in [5.41, 5.74) is -0.600. The third-order valence-electron chi connectivity index (χ3n) is 3.32. The van der Waals surface area contributed by atoms with Gasteiger partial charge in [0.05, 0.1) is 5.60 Å². The molecule has 1 aromatic rings. The molecule has 118 valence electrons. The maximum Gasteiger partial charge on any atom is 0.328 e. The molecule has 4 nitrogen and oxygen atoms in total. The van der Waals surface area contributed by atoms with Gasteiger partial charge in [0.1, 0.15) is 5.54 Å². The standard InChI is InChI=1S/C17H27NO3/c1-5-12-18-17(15(19)20,11-13-21-16(2,3)4)14-9-7-6-8-10-14/h6-10,18H,5,11-13H2,1-4H3,(H,19,20). The number of carboxylic acids is 1. The molecule has 1 aromatic carbocycles. The van der Waals surface area contributed by atoms with Gasteiger partial charge in [0.2, 0.25) is 0 Å². The molecule has 1 atom stereocenters. The number of rotatable bonds is 8. The molecular formula is C17H27NO3. The first kappa shape index (κ1) is 17.7. The van der Waals surface area contributed by atoms with Crippen LogP contribution in [0.5, 0.6) is 0 Å². The van der Waals surface area contributed by atoms with Crippen molar-refractivity contribution in [3.05, 3.63) is 35.9 Å². The van der Waals surface area contributed by atoms with Crippen LogP contribution in [0.2, 0.25) is 0 Å². The zero-order valence-corrected chi connectivity index (χ0v) is 13.5. The number of benzene rings is 1. The number of nitrogens with one attached hydrogen (secondary N) is 1. The lowest BCUT2D eigenvalue weighted by atomic mass is 9.86. The van der Waals surface area contributed by atoms with Gasteiger partial charge in [-0.25, -0.2) is 4.79 Å². The van der Waals surface area contributed by atoms with E-state index in [0.717, 1.165) is 12.0 Å². The Balaban J connectivity index is 2.99. The fourth-order valence-corrected chi connectivity index (χ4v) is 2.21. The largest absolute Gasteiger partial charge is 0.480 e. The molecule has 0 fully saturated rings. The predicted octanol–water partition coefficient (Wildman–Crippen LogP) is 3.17. The van der Waals surface area contributed by atoms with Crippen LogP contribution in [0.4, 0.5) is 0 Å². The predicted molar refractivity (Wildman–Crippen MR) is 84.4 cm³/mol. The first-order chi connectivity index (χ1) is 9.82. The molecular weight excluding hydrogens is 266 g/mol. The summed E-state index contributed by atoms with van der Waals surface area (Å²) in [5.74, 6) is -0.861. The Morgan fingerprint density at radius 2 is 1.86 bits per heavy atom. The number of hydrogen-bond donors (Lipinski definition) is 2. The van der Waals surface area contributed by atoms with Crippen LogP contribution in [0.3, 0.4) is 0 Å². The van der Waals surface area contributed by atoms with Gasteiger partial charge in [0.15, 0.2) is 0 Å². The van der Waals surface area contributed by atoms with Crippen LogP contribution in [0.15, 0.2) is 30.3 Å². The third kappa shape index (κ3) is 5.14. The lowest BCUT2D eigenvalue weighted by Crippen LogP contribution is -2.50. The van der Waals surface area contributed by atoms with Crippen molar-refractivity contribution in [3.8, 4) is 0 Å². The van der Waals surface area contributed by atoms with E-state index >= 15 is 0 Å². The van der Waals surface area contributed by atoms with Gasteiger partial charge < -0.3 is 9.84 Å². The van der Waals surface area contributed by atoms with Crippen molar-refractivity contribution in [3.63, 3.8) is 0 Å². The number of carbonyl (C=O) groups is 1. The Labute approximate surface area is 127 Å². The average molecular weight is 293 g/mol. The van der Waals surface area contributed by atoms with Gasteiger partial charge >= 0.3 is 5.97 Å². The Kier molecular flexibility index (Phi) is 6.37. The van der Waals surface area contributed by atoms with E-state index in [0.29, 0.717) is 19.6 Å². The molecule has 21 heavy (non-hydrogen) atoms. The van der Waals surface area contributed by atoms with E-state index in [-0.39, 0.29) is 5.60 Å². The van der Waals surface area contributed by atoms with Gasteiger partial charge in [-0.05, 0) is 39.3 Å². The van der Waals surface area contributed by atoms with Gasteiger partial charge in [-0.1, -0.05) is 37.3 Å². The van der Waals surface area contributed by atoms with Crippen molar-refractivity contribution in [1.82, 2.24) is 5.32 Å². The van der Waals surface area contributed by atoms with Crippen molar-refractivity contribution in [1.29, 1.82) is 0 Å². The summed E-state index contributed by atoms with van der Waals surface area (Å²) in [7, 11) is 0. The van der Waals surface area contributed by atoms with E-state index in [4.69, 9.17) is 4.74 Å². The van der Waals surface area contributed by atoms with Gasteiger partial charge in [0, 0.05) is 13.0 Å². The molecule has 1 rings (SSSR count). The average Bonchev–Trinajstić information content (AvgIpc) is 2.42. The number of ether oxygens (including phenoxy) is 1. The van der Waals surface area contributed by atoms with Crippen molar-refractivity contribution in [2.24, 2.45) is 0 Å². The zero-order valence-electron chi connectivity index (χ0n) is 13.5. The Morgan fingerprint density at radius 1 is 1.24 bits per heavy atom. The second-order valence-electron chi connectivity index (χ2n) is 6.21. The van der Waals surface area contributed by atoms with Crippen molar-refractivity contribution in [2.75, 3.05) is 13.2 Å². The van der Waals surface area contributed by atoms with E-state index in [1.165, 1.54) is 0 Å². The fraction of sp³-hybridized carbons (Fsp3) is 0.588.